The van der Waals surface area contributed by atoms with Gasteiger partial charge < -0.3 is 0 Å². The minimum atomic E-state index is 0.637. The number of hydrogen-bond donors (Lipinski definition) is 1. The number of hydrazine groups is 1. The molecule has 82 valence electrons. The summed E-state index contributed by atoms with van der Waals surface area (Å²) in [6.07, 6.45) is 6.95. The lowest BCUT2D eigenvalue weighted by Gasteiger charge is -2.46. The van der Waals surface area contributed by atoms with Gasteiger partial charge in [-0.1, -0.05) is 20.3 Å². The van der Waals surface area contributed by atoms with Crippen LogP contribution in [-0.2, 0) is 0 Å². The lowest BCUT2D eigenvalue weighted by Crippen LogP contribution is -2.47. The lowest BCUT2D eigenvalue weighted by atomic mass is 9.63. The van der Waals surface area contributed by atoms with Crippen molar-refractivity contribution in [2.45, 2.75) is 46.0 Å². The third-order valence-corrected chi connectivity index (χ3v) is 4.65. The predicted molar refractivity (Wildman–Crippen MR) is 59.6 cm³/mol. The topological polar surface area (TPSA) is 29.3 Å². The number of nitrogens with two attached hydrogens (primary N) is 1. The van der Waals surface area contributed by atoms with Crippen molar-refractivity contribution in [2.75, 3.05) is 13.1 Å². The summed E-state index contributed by atoms with van der Waals surface area (Å²) in [7, 11) is 0. The highest BCUT2D eigenvalue weighted by atomic mass is 15.4. The number of nitrogens with zero attached hydrogens (tertiary/aromatic N) is 1. The summed E-state index contributed by atoms with van der Waals surface area (Å²) in [5.74, 6) is 7.74. The van der Waals surface area contributed by atoms with Gasteiger partial charge in [-0.25, -0.2) is 5.01 Å². The van der Waals surface area contributed by atoms with Gasteiger partial charge in [0, 0.05) is 13.1 Å². The molecule has 2 N–H and O–H groups in total. The van der Waals surface area contributed by atoms with Crippen LogP contribution in [0.2, 0.25) is 0 Å². The molecule has 3 unspecified atom stereocenters. The van der Waals surface area contributed by atoms with E-state index in [-0.39, 0.29) is 0 Å². The second kappa shape index (κ2) is 3.82. The van der Waals surface area contributed by atoms with E-state index < -0.39 is 0 Å². The van der Waals surface area contributed by atoms with Gasteiger partial charge in [-0.3, -0.25) is 5.84 Å². The van der Waals surface area contributed by atoms with Crippen LogP contribution in [0, 0.1) is 17.3 Å². The normalized spacial score (nSPS) is 44.8. The van der Waals surface area contributed by atoms with Crippen LogP contribution >= 0.6 is 0 Å². The Kier molecular flexibility index (Phi) is 2.85. The van der Waals surface area contributed by atoms with Crippen molar-refractivity contribution < 1.29 is 0 Å². The Morgan fingerprint density at radius 2 is 2.14 bits per heavy atom. The molecule has 0 aromatic rings. The van der Waals surface area contributed by atoms with Gasteiger partial charge in [0.2, 0.25) is 0 Å². The van der Waals surface area contributed by atoms with Crippen LogP contribution in [0.25, 0.3) is 0 Å². The third kappa shape index (κ3) is 1.96. The zero-order chi connectivity index (χ0) is 10.2. The molecule has 2 aliphatic rings. The molecule has 2 nitrogen and oxygen atoms in total. The van der Waals surface area contributed by atoms with E-state index in [4.69, 9.17) is 5.84 Å². The van der Waals surface area contributed by atoms with Gasteiger partial charge in [-0.05, 0) is 42.9 Å². The standard InChI is InChI=1S/C12H24N2/c1-3-12(2)6-4-11-9-14(13)7-5-10(11)8-12/h10-11H,3-9,13H2,1-2H3. The van der Waals surface area contributed by atoms with Crippen molar-refractivity contribution >= 4 is 0 Å². The fourth-order valence-corrected chi connectivity index (χ4v) is 3.29. The SMILES string of the molecule is CCC1(C)CCC2CN(N)CCC2C1. The molecule has 2 fully saturated rings. The van der Waals surface area contributed by atoms with Gasteiger partial charge in [0.05, 0.1) is 0 Å². The minimum absolute atomic E-state index is 0.637. The maximum Gasteiger partial charge on any atom is 0.0159 e. The van der Waals surface area contributed by atoms with Crippen LogP contribution in [-0.4, -0.2) is 18.1 Å². The third-order valence-electron chi connectivity index (χ3n) is 4.65. The van der Waals surface area contributed by atoms with Crippen molar-refractivity contribution in [3.8, 4) is 0 Å². The van der Waals surface area contributed by atoms with Crippen molar-refractivity contribution in [1.82, 2.24) is 5.01 Å². The van der Waals surface area contributed by atoms with Gasteiger partial charge in [0.1, 0.15) is 0 Å². The first-order chi connectivity index (χ1) is 6.63. The maximum absolute atomic E-state index is 5.88. The molecule has 0 spiro atoms. The molecular formula is C12H24N2. The van der Waals surface area contributed by atoms with E-state index in [0.717, 1.165) is 24.9 Å². The van der Waals surface area contributed by atoms with E-state index >= 15 is 0 Å². The van der Waals surface area contributed by atoms with Crippen molar-refractivity contribution in [3.05, 3.63) is 0 Å². The van der Waals surface area contributed by atoms with Crippen LogP contribution < -0.4 is 5.84 Å². The van der Waals surface area contributed by atoms with E-state index in [0.29, 0.717) is 5.41 Å². The molecule has 14 heavy (non-hydrogen) atoms. The molecule has 0 amide bonds. The lowest BCUT2D eigenvalue weighted by molar-refractivity contribution is 0.0287. The van der Waals surface area contributed by atoms with Gasteiger partial charge in [-0.15, -0.1) is 0 Å². The summed E-state index contributed by atoms with van der Waals surface area (Å²) in [5, 5.41) is 2.02. The Bertz CT molecular complexity index is 204. The molecule has 1 saturated carbocycles. The number of piperidine rings is 1. The van der Waals surface area contributed by atoms with Gasteiger partial charge >= 0.3 is 0 Å². The van der Waals surface area contributed by atoms with E-state index in [1.807, 2.05) is 5.01 Å². The monoisotopic (exact) mass is 196 g/mol. The molecule has 0 aromatic heterocycles. The first kappa shape index (κ1) is 10.4. The first-order valence-corrected chi connectivity index (χ1v) is 6.12. The number of fused-ring (bicyclic) bond motifs is 1. The van der Waals surface area contributed by atoms with Crippen LogP contribution in [0.3, 0.4) is 0 Å². The highest BCUT2D eigenvalue weighted by Gasteiger charge is 2.38. The molecule has 3 atom stereocenters. The number of hydrogen-bond acceptors (Lipinski definition) is 2. The zero-order valence-electron chi connectivity index (χ0n) is 9.63. The molecule has 0 bridgehead atoms. The molecule has 2 rings (SSSR count). The summed E-state index contributed by atoms with van der Waals surface area (Å²) < 4.78 is 0. The molecule has 2 heteroatoms. The molecule has 1 saturated heterocycles. The fraction of sp³-hybridized carbons (Fsp3) is 1.00. The average molecular weight is 196 g/mol. The smallest absolute Gasteiger partial charge is 0.0159 e. The second-order valence-electron chi connectivity index (χ2n) is 5.71. The van der Waals surface area contributed by atoms with Gasteiger partial charge in [-0.2, -0.15) is 0 Å². The average Bonchev–Trinajstić information content (AvgIpc) is 2.19. The zero-order valence-corrected chi connectivity index (χ0v) is 9.63. The Morgan fingerprint density at radius 1 is 1.36 bits per heavy atom. The Morgan fingerprint density at radius 3 is 2.86 bits per heavy atom. The van der Waals surface area contributed by atoms with E-state index in [1.165, 1.54) is 32.1 Å². The van der Waals surface area contributed by atoms with Crippen LogP contribution in [0.4, 0.5) is 0 Å². The molecule has 1 heterocycles. The van der Waals surface area contributed by atoms with Crippen LogP contribution in [0.5, 0.6) is 0 Å². The summed E-state index contributed by atoms with van der Waals surface area (Å²) in [4.78, 5) is 0. The Hall–Kier alpha value is -0.0800. The van der Waals surface area contributed by atoms with E-state index in [9.17, 15) is 0 Å². The molecule has 1 aliphatic heterocycles. The Labute approximate surface area is 87.8 Å². The van der Waals surface area contributed by atoms with Gasteiger partial charge in [0.15, 0.2) is 0 Å². The van der Waals surface area contributed by atoms with Crippen molar-refractivity contribution in [2.24, 2.45) is 23.1 Å². The van der Waals surface area contributed by atoms with Crippen LogP contribution in [0.15, 0.2) is 0 Å². The Balaban J connectivity index is 1.98. The molecular weight excluding hydrogens is 172 g/mol. The highest BCUT2D eigenvalue weighted by Crippen LogP contribution is 2.46. The second-order valence-corrected chi connectivity index (χ2v) is 5.71. The minimum Gasteiger partial charge on any atom is -0.269 e. The first-order valence-electron chi connectivity index (χ1n) is 6.12. The molecule has 0 aromatic carbocycles. The summed E-state index contributed by atoms with van der Waals surface area (Å²) >= 11 is 0. The van der Waals surface area contributed by atoms with Crippen molar-refractivity contribution in [3.63, 3.8) is 0 Å². The summed E-state index contributed by atoms with van der Waals surface area (Å²) in [6.45, 7) is 7.07. The summed E-state index contributed by atoms with van der Waals surface area (Å²) in [5.41, 5.74) is 0.637. The maximum atomic E-state index is 5.88. The fourth-order valence-electron chi connectivity index (χ4n) is 3.29. The molecule has 0 radical (unpaired) electrons. The van der Waals surface area contributed by atoms with E-state index in [1.54, 1.807) is 0 Å². The van der Waals surface area contributed by atoms with Crippen LogP contribution in [0.1, 0.15) is 46.0 Å². The van der Waals surface area contributed by atoms with E-state index in [2.05, 4.69) is 13.8 Å². The largest absolute Gasteiger partial charge is 0.269 e. The highest BCUT2D eigenvalue weighted by molar-refractivity contribution is 4.90. The predicted octanol–water partition coefficient (Wildman–Crippen LogP) is 2.40. The summed E-state index contributed by atoms with van der Waals surface area (Å²) in [6, 6.07) is 0. The number of rotatable bonds is 1. The van der Waals surface area contributed by atoms with Crippen molar-refractivity contribution in [1.29, 1.82) is 0 Å². The molecule has 1 aliphatic carbocycles. The quantitative estimate of drug-likeness (QED) is 0.653. The van der Waals surface area contributed by atoms with Gasteiger partial charge in [0.25, 0.3) is 0 Å².